The number of hydrogen-bond donors (Lipinski definition) is 1. The summed E-state index contributed by atoms with van der Waals surface area (Å²) in [7, 11) is -2.06. The number of nitrogens with zero attached hydrogens (tertiary/aromatic N) is 2. The second-order valence-electron chi connectivity index (χ2n) is 6.94. The summed E-state index contributed by atoms with van der Waals surface area (Å²) in [5.41, 5.74) is 1.04. The van der Waals surface area contributed by atoms with Crippen LogP contribution in [-0.4, -0.2) is 43.4 Å². The van der Waals surface area contributed by atoms with Crippen LogP contribution in [0.25, 0.3) is 10.2 Å². The predicted molar refractivity (Wildman–Crippen MR) is 116 cm³/mol. The number of sulfonamides is 1. The van der Waals surface area contributed by atoms with E-state index in [2.05, 4.69) is 5.32 Å². The van der Waals surface area contributed by atoms with E-state index in [1.165, 1.54) is 28.1 Å². The average Bonchev–Trinajstić information content (AvgIpc) is 3.37. The number of ether oxygens (including phenoxy) is 1. The number of thiazole rings is 1. The van der Waals surface area contributed by atoms with Gasteiger partial charge in [-0.25, -0.2) is 8.42 Å². The fourth-order valence-electron chi connectivity index (χ4n) is 3.52. The van der Waals surface area contributed by atoms with Crippen LogP contribution >= 0.6 is 11.3 Å². The molecule has 1 aliphatic heterocycles. The van der Waals surface area contributed by atoms with Gasteiger partial charge >= 0.3 is 4.87 Å². The van der Waals surface area contributed by atoms with E-state index in [1.807, 2.05) is 0 Å². The Kier molecular flexibility index (Phi) is 5.63. The first-order chi connectivity index (χ1) is 14.4. The van der Waals surface area contributed by atoms with Crippen molar-refractivity contribution >= 4 is 43.2 Å². The summed E-state index contributed by atoms with van der Waals surface area (Å²) in [6, 6.07) is 11.6. The van der Waals surface area contributed by atoms with Gasteiger partial charge < -0.3 is 10.1 Å². The van der Waals surface area contributed by atoms with Crippen LogP contribution in [0.15, 0.2) is 52.2 Å². The van der Waals surface area contributed by atoms with Crippen LogP contribution in [0.2, 0.25) is 0 Å². The number of methoxy groups -OCH3 is 1. The highest BCUT2D eigenvalue weighted by molar-refractivity contribution is 7.89. The molecule has 30 heavy (non-hydrogen) atoms. The molecule has 2 aromatic carbocycles. The lowest BCUT2D eigenvalue weighted by Crippen LogP contribution is -2.27. The molecular formula is C20H21N3O5S2. The molecule has 2 heterocycles. The molecule has 0 aliphatic carbocycles. The minimum atomic E-state index is -3.57. The molecule has 3 aromatic rings. The molecule has 1 aliphatic rings. The molecule has 0 radical (unpaired) electrons. The van der Waals surface area contributed by atoms with E-state index >= 15 is 0 Å². The average molecular weight is 448 g/mol. The van der Waals surface area contributed by atoms with Gasteiger partial charge in [0.05, 0.1) is 27.9 Å². The minimum Gasteiger partial charge on any atom is -0.495 e. The maximum atomic E-state index is 12.8. The molecule has 0 saturated carbocycles. The van der Waals surface area contributed by atoms with Crippen molar-refractivity contribution in [2.24, 2.45) is 0 Å². The number of aromatic nitrogens is 1. The normalized spacial score (nSPS) is 14.8. The van der Waals surface area contributed by atoms with Crippen molar-refractivity contribution in [2.75, 3.05) is 25.5 Å². The quantitative estimate of drug-likeness (QED) is 0.626. The van der Waals surface area contributed by atoms with Crippen molar-refractivity contribution in [2.45, 2.75) is 24.3 Å². The Morgan fingerprint density at radius 3 is 2.63 bits per heavy atom. The zero-order valence-corrected chi connectivity index (χ0v) is 18.0. The van der Waals surface area contributed by atoms with Crippen LogP contribution in [0, 0.1) is 0 Å². The van der Waals surface area contributed by atoms with Crippen molar-refractivity contribution in [3.63, 3.8) is 0 Å². The summed E-state index contributed by atoms with van der Waals surface area (Å²) < 4.78 is 34.1. The molecule has 0 unspecified atom stereocenters. The number of rotatable bonds is 6. The molecule has 10 heteroatoms. The Hall–Kier alpha value is -2.69. The predicted octanol–water partition coefficient (Wildman–Crippen LogP) is 2.49. The first-order valence-electron chi connectivity index (χ1n) is 9.46. The molecule has 1 saturated heterocycles. The molecule has 1 amide bonds. The van der Waals surface area contributed by atoms with Crippen LogP contribution in [0.1, 0.15) is 12.8 Å². The van der Waals surface area contributed by atoms with Gasteiger partial charge in [0.2, 0.25) is 15.9 Å². The summed E-state index contributed by atoms with van der Waals surface area (Å²) in [4.78, 5) is 24.9. The number of carbonyl (C=O) groups is 1. The number of fused-ring (bicyclic) bond motifs is 1. The number of nitrogens with one attached hydrogen (secondary N) is 1. The zero-order valence-electron chi connectivity index (χ0n) is 16.3. The highest BCUT2D eigenvalue weighted by atomic mass is 32.2. The Balaban J connectivity index is 1.60. The fraction of sp³-hybridized carbons (Fsp3) is 0.300. The van der Waals surface area contributed by atoms with Gasteiger partial charge in [0, 0.05) is 13.1 Å². The molecule has 0 atom stereocenters. The maximum absolute atomic E-state index is 12.8. The van der Waals surface area contributed by atoms with Gasteiger partial charge in [0.15, 0.2) is 0 Å². The second kappa shape index (κ2) is 8.21. The summed E-state index contributed by atoms with van der Waals surface area (Å²) in [6.07, 6.45) is 1.71. The van der Waals surface area contributed by atoms with Crippen molar-refractivity contribution < 1.29 is 17.9 Å². The highest BCUT2D eigenvalue weighted by Crippen LogP contribution is 2.26. The van der Waals surface area contributed by atoms with Gasteiger partial charge in [0.1, 0.15) is 12.3 Å². The molecule has 1 fully saturated rings. The Morgan fingerprint density at radius 1 is 1.17 bits per heavy atom. The lowest BCUT2D eigenvalue weighted by Gasteiger charge is -2.15. The summed E-state index contributed by atoms with van der Waals surface area (Å²) in [5, 5.41) is 2.74. The molecule has 0 spiro atoms. The largest absolute Gasteiger partial charge is 0.495 e. The van der Waals surface area contributed by atoms with E-state index < -0.39 is 10.0 Å². The molecule has 1 aromatic heterocycles. The van der Waals surface area contributed by atoms with Gasteiger partial charge in [-0.05, 0) is 43.2 Å². The van der Waals surface area contributed by atoms with Gasteiger partial charge in [-0.3, -0.25) is 14.2 Å². The lowest BCUT2D eigenvalue weighted by atomic mass is 10.3. The van der Waals surface area contributed by atoms with Crippen LogP contribution < -0.4 is 14.9 Å². The van der Waals surface area contributed by atoms with Crippen LogP contribution in [0.4, 0.5) is 5.69 Å². The minimum absolute atomic E-state index is 0.170. The van der Waals surface area contributed by atoms with Crippen LogP contribution in [0.3, 0.4) is 0 Å². The van der Waals surface area contributed by atoms with Gasteiger partial charge in [-0.15, -0.1) is 0 Å². The van der Waals surface area contributed by atoms with Gasteiger partial charge in [-0.1, -0.05) is 23.5 Å². The van der Waals surface area contributed by atoms with Gasteiger partial charge in [0.25, 0.3) is 0 Å². The third-order valence-corrected chi connectivity index (χ3v) is 7.86. The molecule has 4 rings (SSSR count). The van der Waals surface area contributed by atoms with E-state index in [0.717, 1.165) is 24.2 Å². The summed E-state index contributed by atoms with van der Waals surface area (Å²) in [5.74, 6) is 0.139. The van der Waals surface area contributed by atoms with E-state index in [0.29, 0.717) is 34.7 Å². The third kappa shape index (κ3) is 3.85. The summed E-state index contributed by atoms with van der Waals surface area (Å²) >= 11 is 0.927. The topological polar surface area (TPSA) is 97.7 Å². The molecule has 0 bridgehead atoms. The SMILES string of the molecule is COc1ccccc1NC(=O)Cn1c(=O)sc2cc(S(=O)(=O)N3CCCC3)ccc21. The first-order valence-corrected chi connectivity index (χ1v) is 11.7. The zero-order chi connectivity index (χ0) is 21.3. The van der Waals surface area contributed by atoms with E-state index in [4.69, 9.17) is 4.74 Å². The number of benzene rings is 2. The first kappa shape index (κ1) is 20.6. The number of hydrogen-bond acceptors (Lipinski definition) is 6. The highest BCUT2D eigenvalue weighted by Gasteiger charge is 2.27. The molecule has 8 nitrogen and oxygen atoms in total. The van der Waals surface area contributed by atoms with E-state index in [9.17, 15) is 18.0 Å². The number of anilines is 1. The summed E-state index contributed by atoms with van der Waals surface area (Å²) in [6.45, 7) is 0.844. The smallest absolute Gasteiger partial charge is 0.308 e. The Labute approximate surface area is 177 Å². The van der Waals surface area contributed by atoms with Crippen molar-refractivity contribution in [3.05, 3.63) is 52.1 Å². The molecular weight excluding hydrogens is 426 g/mol. The number of amides is 1. The molecule has 1 N–H and O–H groups in total. The van der Waals surface area contributed by atoms with Crippen molar-refractivity contribution in [1.82, 2.24) is 8.87 Å². The van der Waals surface area contributed by atoms with Crippen LogP contribution in [-0.2, 0) is 21.4 Å². The second-order valence-corrected chi connectivity index (χ2v) is 9.87. The van der Waals surface area contributed by atoms with Crippen molar-refractivity contribution in [3.8, 4) is 5.75 Å². The Bertz CT molecular complexity index is 1260. The fourth-order valence-corrected chi connectivity index (χ4v) is 6.06. The molecule has 158 valence electrons. The number of carbonyl (C=O) groups excluding carboxylic acids is 1. The van der Waals surface area contributed by atoms with Gasteiger partial charge in [-0.2, -0.15) is 4.31 Å². The maximum Gasteiger partial charge on any atom is 0.308 e. The van der Waals surface area contributed by atoms with Crippen molar-refractivity contribution in [1.29, 1.82) is 0 Å². The monoisotopic (exact) mass is 447 g/mol. The standard InChI is InChI=1S/C20H21N3O5S2/c1-28-17-7-3-2-6-15(17)21-19(24)13-23-16-9-8-14(12-18(16)29-20(23)25)30(26,27)22-10-4-5-11-22/h2-3,6-9,12H,4-5,10-11,13H2,1H3,(H,21,24). The van der Waals surface area contributed by atoms with E-state index in [1.54, 1.807) is 30.3 Å². The number of para-hydroxylation sites is 2. The lowest BCUT2D eigenvalue weighted by molar-refractivity contribution is -0.116. The van der Waals surface area contributed by atoms with Crippen LogP contribution in [0.5, 0.6) is 5.75 Å². The Morgan fingerprint density at radius 2 is 1.90 bits per heavy atom. The third-order valence-electron chi connectivity index (χ3n) is 5.03. The van der Waals surface area contributed by atoms with E-state index in [-0.39, 0.29) is 22.2 Å².